The predicted molar refractivity (Wildman–Crippen MR) is 67.1 cm³/mol. The van der Waals surface area contributed by atoms with Gasteiger partial charge in [0.15, 0.2) is 0 Å². The van der Waals surface area contributed by atoms with E-state index in [-0.39, 0.29) is 11.8 Å². The maximum absolute atomic E-state index is 12.0. The zero-order chi connectivity index (χ0) is 12.3. The first-order chi connectivity index (χ1) is 8.18. The van der Waals surface area contributed by atoms with Crippen molar-refractivity contribution in [3.8, 4) is 0 Å². The highest BCUT2D eigenvalue weighted by molar-refractivity contribution is 6.03. The Hall–Kier alpha value is -2.10. The first-order valence-electron chi connectivity index (χ1n) is 5.58. The maximum atomic E-state index is 12.0. The number of carbonyl (C=O) groups excluding carboxylic acids is 1. The molecular weight excluding hydrogens is 214 g/mol. The molecule has 0 aliphatic carbocycles. The van der Waals surface area contributed by atoms with Crippen molar-refractivity contribution in [1.29, 1.82) is 0 Å². The molecule has 0 radical (unpaired) electrons. The number of amides is 1. The Morgan fingerprint density at radius 1 is 1.29 bits per heavy atom. The second-order valence-corrected chi connectivity index (χ2v) is 4.18. The third-order valence-electron chi connectivity index (χ3n) is 2.55. The number of H-pyrrole nitrogens is 1. The molecule has 88 valence electrons. The van der Waals surface area contributed by atoms with E-state index in [1.165, 1.54) is 0 Å². The molecule has 1 aromatic carbocycles. The minimum Gasteiger partial charge on any atom is -0.321 e. The summed E-state index contributed by atoms with van der Waals surface area (Å²) in [5, 5.41) is 9.49. The van der Waals surface area contributed by atoms with Crippen LogP contribution in [0.15, 0.2) is 36.5 Å². The summed E-state index contributed by atoms with van der Waals surface area (Å²) in [4.78, 5) is 12.0. The maximum Gasteiger partial charge on any atom is 0.273 e. The van der Waals surface area contributed by atoms with E-state index < -0.39 is 0 Å². The number of hydrogen-bond donors (Lipinski definition) is 2. The summed E-state index contributed by atoms with van der Waals surface area (Å²) in [7, 11) is 0. The summed E-state index contributed by atoms with van der Waals surface area (Å²) in [5.74, 6) is 0.114. The van der Waals surface area contributed by atoms with Gasteiger partial charge in [0.05, 0.1) is 6.20 Å². The molecule has 2 rings (SSSR count). The first-order valence-corrected chi connectivity index (χ1v) is 5.58. The lowest BCUT2D eigenvalue weighted by atomic mass is 10.0. The van der Waals surface area contributed by atoms with E-state index in [1.807, 2.05) is 44.2 Å². The lowest BCUT2D eigenvalue weighted by Gasteiger charge is -2.07. The largest absolute Gasteiger partial charge is 0.321 e. The van der Waals surface area contributed by atoms with Crippen molar-refractivity contribution in [2.45, 2.75) is 19.8 Å². The van der Waals surface area contributed by atoms with Crippen LogP contribution in [0.25, 0.3) is 0 Å². The first kappa shape index (κ1) is 11.4. The normalized spacial score (nSPS) is 10.5. The van der Waals surface area contributed by atoms with Crippen molar-refractivity contribution in [3.05, 3.63) is 47.8 Å². The molecule has 0 saturated carbocycles. The summed E-state index contributed by atoms with van der Waals surface area (Å²) in [6, 6.07) is 9.37. The molecule has 0 aliphatic rings. The van der Waals surface area contributed by atoms with Crippen molar-refractivity contribution < 1.29 is 4.79 Å². The second-order valence-electron chi connectivity index (χ2n) is 4.18. The topological polar surface area (TPSA) is 57.8 Å². The fraction of sp³-hybridized carbons (Fsp3) is 0.231. The number of nitrogens with zero attached hydrogens (tertiary/aromatic N) is 1. The highest BCUT2D eigenvalue weighted by atomic mass is 16.1. The Balaban J connectivity index is 2.18. The van der Waals surface area contributed by atoms with Crippen molar-refractivity contribution in [2.24, 2.45) is 0 Å². The average Bonchev–Trinajstić information content (AvgIpc) is 2.79. The van der Waals surface area contributed by atoms with E-state index in [0.29, 0.717) is 5.69 Å². The number of para-hydroxylation sites is 1. The van der Waals surface area contributed by atoms with Crippen molar-refractivity contribution in [3.63, 3.8) is 0 Å². The number of anilines is 1. The molecule has 2 aromatic rings. The zero-order valence-electron chi connectivity index (χ0n) is 9.90. The van der Waals surface area contributed by atoms with Gasteiger partial charge >= 0.3 is 0 Å². The fourth-order valence-corrected chi connectivity index (χ4v) is 1.63. The third-order valence-corrected chi connectivity index (χ3v) is 2.55. The smallest absolute Gasteiger partial charge is 0.273 e. The van der Waals surface area contributed by atoms with Gasteiger partial charge in [0.2, 0.25) is 0 Å². The number of rotatable bonds is 3. The number of aromatic nitrogens is 2. The second kappa shape index (κ2) is 4.82. The fourth-order valence-electron chi connectivity index (χ4n) is 1.63. The Labute approximate surface area is 100 Å². The number of aromatic amines is 1. The summed E-state index contributed by atoms with van der Waals surface area (Å²) in [6.45, 7) is 4.06. The van der Waals surface area contributed by atoms with Crippen LogP contribution in [0.3, 0.4) is 0 Å². The van der Waals surface area contributed by atoms with Crippen LogP contribution < -0.4 is 5.32 Å². The average molecular weight is 229 g/mol. The van der Waals surface area contributed by atoms with Gasteiger partial charge in [-0.25, -0.2) is 0 Å². The highest BCUT2D eigenvalue weighted by Crippen LogP contribution is 2.18. The Morgan fingerprint density at radius 3 is 2.65 bits per heavy atom. The van der Waals surface area contributed by atoms with Gasteiger partial charge in [-0.05, 0) is 18.1 Å². The minimum absolute atomic E-state index is 0.155. The van der Waals surface area contributed by atoms with Crippen LogP contribution in [0.4, 0.5) is 5.69 Å². The van der Waals surface area contributed by atoms with Crippen molar-refractivity contribution >= 4 is 11.6 Å². The van der Waals surface area contributed by atoms with Crippen molar-refractivity contribution in [1.82, 2.24) is 10.2 Å². The molecule has 0 spiro atoms. The lowest BCUT2D eigenvalue weighted by Crippen LogP contribution is -2.14. The minimum atomic E-state index is -0.155. The van der Waals surface area contributed by atoms with Crippen LogP contribution in [0.5, 0.6) is 0 Å². The molecule has 0 fully saturated rings. The van der Waals surface area contributed by atoms with E-state index in [4.69, 9.17) is 0 Å². The number of carbonyl (C=O) groups is 1. The molecule has 0 unspecified atom stereocenters. The van der Waals surface area contributed by atoms with Gasteiger partial charge in [-0.1, -0.05) is 32.0 Å². The molecular formula is C13H15N3O. The van der Waals surface area contributed by atoms with Gasteiger partial charge in [0, 0.05) is 11.3 Å². The number of nitrogens with one attached hydrogen (secondary N) is 2. The summed E-state index contributed by atoms with van der Waals surface area (Å²) >= 11 is 0. The Kier molecular flexibility index (Phi) is 3.23. The summed E-state index contributed by atoms with van der Waals surface area (Å²) in [6.07, 6.45) is 1.70. The summed E-state index contributed by atoms with van der Waals surface area (Å²) in [5.41, 5.74) is 2.24. The van der Waals surface area contributed by atoms with Gasteiger partial charge in [-0.2, -0.15) is 5.10 Å². The molecule has 1 aromatic heterocycles. The van der Waals surface area contributed by atoms with Crippen molar-refractivity contribution in [2.75, 3.05) is 5.32 Å². The Bertz CT molecular complexity index is 502. The standard InChI is InChI=1S/C13H15N3O/c1-9(2)11-8-14-16-12(11)13(17)15-10-6-4-3-5-7-10/h3-9H,1-2H3,(H,14,16)(H,15,17). The summed E-state index contributed by atoms with van der Waals surface area (Å²) < 4.78 is 0. The van der Waals surface area contributed by atoms with Gasteiger partial charge in [-0.15, -0.1) is 0 Å². The van der Waals surface area contributed by atoms with E-state index >= 15 is 0 Å². The Morgan fingerprint density at radius 2 is 2.00 bits per heavy atom. The van der Waals surface area contributed by atoms with Crippen LogP contribution in [0.1, 0.15) is 35.8 Å². The SMILES string of the molecule is CC(C)c1cn[nH]c1C(=O)Nc1ccccc1. The number of benzene rings is 1. The van der Waals surface area contributed by atoms with Crippen LogP contribution >= 0.6 is 0 Å². The van der Waals surface area contributed by atoms with E-state index in [2.05, 4.69) is 15.5 Å². The quantitative estimate of drug-likeness (QED) is 0.850. The molecule has 17 heavy (non-hydrogen) atoms. The molecule has 1 amide bonds. The molecule has 4 nitrogen and oxygen atoms in total. The van der Waals surface area contributed by atoms with Gasteiger partial charge < -0.3 is 5.32 Å². The molecule has 0 aliphatic heterocycles. The molecule has 0 bridgehead atoms. The van der Waals surface area contributed by atoms with Gasteiger partial charge in [0.1, 0.15) is 5.69 Å². The van der Waals surface area contributed by atoms with E-state index in [0.717, 1.165) is 11.3 Å². The van der Waals surface area contributed by atoms with E-state index in [9.17, 15) is 4.79 Å². The predicted octanol–water partition coefficient (Wildman–Crippen LogP) is 2.79. The molecule has 0 atom stereocenters. The van der Waals surface area contributed by atoms with Gasteiger partial charge in [-0.3, -0.25) is 9.89 Å². The zero-order valence-corrected chi connectivity index (χ0v) is 9.90. The van der Waals surface area contributed by atoms with Crippen LogP contribution in [0.2, 0.25) is 0 Å². The molecule has 4 heteroatoms. The van der Waals surface area contributed by atoms with Crippen LogP contribution in [-0.2, 0) is 0 Å². The monoisotopic (exact) mass is 229 g/mol. The highest BCUT2D eigenvalue weighted by Gasteiger charge is 2.15. The molecule has 0 saturated heterocycles. The van der Waals surface area contributed by atoms with Gasteiger partial charge in [0.25, 0.3) is 5.91 Å². The molecule has 1 heterocycles. The van der Waals surface area contributed by atoms with Crippen LogP contribution in [0, 0.1) is 0 Å². The third kappa shape index (κ3) is 2.53. The van der Waals surface area contributed by atoms with Crippen LogP contribution in [-0.4, -0.2) is 16.1 Å². The molecule has 2 N–H and O–H groups in total. The lowest BCUT2D eigenvalue weighted by molar-refractivity contribution is 0.102. The van der Waals surface area contributed by atoms with E-state index in [1.54, 1.807) is 6.20 Å². The number of hydrogen-bond acceptors (Lipinski definition) is 2.